The molecule has 2 aliphatic heterocycles. The van der Waals surface area contributed by atoms with E-state index in [9.17, 15) is 26.4 Å². The fourth-order valence-electron chi connectivity index (χ4n) is 5.12. The number of halogens is 3. The molecule has 1 aromatic heterocycles. The molecule has 2 saturated heterocycles. The van der Waals surface area contributed by atoms with Crippen LogP contribution in [-0.2, 0) is 16.2 Å². The predicted molar refractivity (Wildman–Crippen MR) is 110 cm³/mol. The van der Waals surface area contributed by atoms with Crippen LogP contribution in [0, 0.1) is 5.41 Å². The third kappa shape index (κ3) is 4.19. The highest BCUT2D eigenvalue weighted by atomic mass is 32.2. The minimum atomic E-state index is -4.61. The van der Waals surface area contributed by atoms with E-state index in [1.807, 2.05) is 0 Å². The van der Waals surface area contributed by atoms with Crippen LogP contribution in [0.1, 0.15) is 36.6 Å². The van der Waals surface area contributed by atoms with Crippen molar-refractivity contribution < 1.29 is 26.4 Å². The zero-order valence-corrected chi connectivity index (χ0v) is 18.4. The van der Waals surface area contributed by atoms with E-state index in [0.717, 1.165) is 30.4 Å². The molecule has 2 amide bonds. The van der Waals surface area contributed by atoms with Crippen molar-refractivity contribution in [3.63, 3.8) is 0 Å². The highest BCUT2D eigenvalue weighted by Crippen LogP contribution is 2.49. The highest BCUT2D eigenvalue weighted by molar-refractivity contribution is 7.89. The van der Waals surface area contributed by atoms with Gasteiger partial charge in [-0.3, -0.25) is 5.10 Å². The van der Waals surface area contributed by atoms with E-state index >= 15 is 0 Å². The maximum Gasteiger partial charge on any atom is 0.416 e. The van der Waals surface area contributed by atoms with Gasteiger partial charge in [0.15, 0.2) is 0 Å². The minimum Gasteiger partial charge on any atom is -0.324 e. The first-order valence-corrected chi connectivity index (χ1v) is 12.1. The van der Waals surface area contributed by atoms with Gasteiger partial charge in [0.1, 0.15) is 12.2 Å². The summed E-state index contributed by atoms with van der Waals surface area (Å²) in [5, 5.41) is 6.70. The Bertz CT molecular complexity index is 1140. The van der Waals surface area contributed by atoms with Crippen LogP contribution in [0.4, 0.5) is 18.0 Å². The number of likely N-dealkylation sites (tertiary alicyclic amines) is 2. The van der Waals surface area contributed by atoms with Crippen molar-refractivity contribution in [1.82, 2.24) is 29.7 Å². The molecular formula is C20H23F3N6O3S. The van der Waals surface area contributed by atoms with Gasteiger partial charge in [0.25, 0.3) is 0 Å². The molecule has 13 heteroatoms. The second-order valence-corrected chi connectivity index (χ2v) is 10.9. The van der Waals surface area contributed by atoms with E-state index in [0.29, 0.717) is 45.1 Å². The summed E-state index contributed by atoms with van der Waals surface area (Å²) in [7, 11) is -4.06. The Morgan fingerprint density at radius 2 is 1.97 bits per heavy atom. The van der Waals surface area contributed by atoms with Crippen molar-refractivity contribution in [2.75, 3.05) is 26.2 Å². The normalized spacial score (nSPS) is 22.9. The van der Waals surface area contributed by atoms with Crippen LogP contribution < -0.4 is 4.72 Å². The smallest absolute Gasteiger partial charge is 0.324 e. The average Bonchev–Trinajstić information content (AvgIpc) is 3.39. The molecule has 0 unspecified atom stereocenters. The summed E-state index contributed by atoms with van der Waals surface area (Å²) in [4.78, 5) is 20.1. The molecule has 5 rings (SSSR count). The lowest BCUT2D eigenvalue weighted by atomic mass is 9.61. The molecule has 3 heterocycles. The molecule has 1 aliphatic carbocycles. The van der Waals surface area contributed by atoms with Crippen LogP contribution in [0.5, 0.6) is 0 Å². The summed E-state index contributed by atoms with van der Waals surface area (Å²) in [6.45, 7) is 2.33. The van der Waals surface area contributed by atoms with Crippen LogP contribution in [0.2, 0.25) is 0 Å². The molecule has 178 valence electrons. The third-order valence-electron chi connectivity index (χ3n) is 6.75. The quantitative estimate of drug-likeness (QED) is 0.691. The molecule has 0 radical (unpaired) electrons. The zero-order valence-electron chi connectivity index (χ0n) is 17.5. The second kappa shape index (κ2) is 7.69. The fourth-order valence-corrected chi connectivity index (χ4v) is 6.40. The van der Waals surface area contributed by atoms with Crippen molar-refractivity contribution in [3.8, 4) is 0 Å². The molecule has 1 aromatic carbocycles. The van der Waals surface area contributed by atoms with Crippen molar-refractivity contribution >= 4 is 16.1 Å². The van der Waals surface area contributed by atoms with Crippen LogP contribution in [0.25, 0.3) is 0 Å². The van der Waals surface area contributed by atoms with Gasteiger partial charge in [-0.15, -0.1) is 0 Å². The molecule has 33 heavy (non-hydrogen) atoms. The number of hydrogen-bond acceptors (Lipinski definition) is 5. The minimum absolute atomic E-state index is 0.0318. The number of benzene rings is 1. The zero-order chi connectivity index (χ0) is 23.4. The van der Waals surface area contributed by atoms with Gasteiger partial charge in [-0.2, -0.15) is 18.3 Å². The molecule has 1 spiro atoms. The second-order valence-electron chi connectivity index (χ2n) is 9.19. The molecule has 3 fully saturated rings. The first kappa shape index (κ1) is 22.1. The van der Waals surface area contributed by atoms with Gasteiger partial charge in [0, 0.05) is 43.6 Å². The number of carbonyl (C=O) groups is 1. The largest absolute Gasteiger partial charge is 0.416 e. The predicted octanol–water partition coefficient (Wildman–Crippen LogP) is 2.18. The number of aromatic amines is 1. The number of urea groups is 1. The number of nitrogens with one attached hydrogen (secondary N) is 2. The van der Waals surface area contributed by atoms with Gasteiger partial charge in [-0.25, -0.2) is 22.9 Å². The molecule has 3 aliphatic rings. The van der Waals surface area contributed by atoms with E-state index in [1.165, 1.54) is 6.33 Å². The van der Waals surface area contributed by atoms with Gasteiger partial charge in [-0.1, -0.05) is 6.07 Å². The van der Waals surface area contributed by atoms with Crippen LogP contribution >= 0.6 is 0 Å². The molecule has 2 aromatic rings. The summed E-state index contributed by atoms with van der Waals surface area (Å²) in [6, 6.07) is 3.33. The van der Waals surface area contributed by atoms with Crippen LogP contribution in [0.3, 0.4) is 0 Å². The first-order valence-electron chi connectivity index (χ1n) is 10.6. The summed E-state index contributed by atoms with van der Waals surface area (Å²) >= 11 is 0. The van der Waals surface area contributed by atoms with E-state index in [1.54, 1.807) is 9.80 Å². The fraction of sp³-hybridized carbons (Fsp3) is 0.550. The number of H-pyrrole nitrogens is 1. The SMILES string of the molecule is O=C(N1CC[C@H](c2ncn[nH]2)C1)N1CC2(CC(NS(=O)(=O)c3cccc(C(F)(F)F)c3)C2)C1. The maximum absolute atomic E-state index is 12.9. The van der Waals surface area contributed by atoms with E-state index in [4.69, 9.17) is 0 Å². The number of alkyl halides is 3. The lowest BCUT2D eigenvalue weighted by molar-refractivity contribution is -0.137. The van der Waals surface area contributed by atoms with Crippen molar-refractivity contribution in [3.05, 3.63) is 42.0 Å². The summed E-state index contributed by atoms with van der Waals surface area (Å²) in [5.41, 5.74) is -1.13. The lowest BCUT2D eigenvalue weighted by Crippen LogP contribution is -2.68. The Labute approximate surface area is 188 Å². The number of nitrogens with zero attached hydrogens (tertiary/aromatic N) is 4. The van der Waals surface area contributed by atoms with Crippen molar-refractivity contribution in [1.29, 1.82) is 0 Å². The Kier molecular flexibility index (Phi) is 5.16. The summed E-state index contributed by atoms with van der Waals surface area (Å²) in [5.74, 6) is 0.922. The van der Waals surface area contributed by atoms with Gasteiger partial charge in [-0.05, 0) is 37.5 Å². The number of hydrogen-bond donors (Lipinski definition) is 2. The molecule has 1 saturated carbocycles. The Balaban J connectivity index is 1.12. The van der Waals surface area contributed by atoms with Gasteiger partial charge in [0.05, 0.1) is 10.5 Å². The molecule has 1 atom stereocenters. The van der Waals surface area contributed by atoms with Crippen molar-refractivity contribution in [2.24, 2.45) is 5.41 Å². The standard InChI is InChI=1S/C20H23F3N6O3S/c21-20(22,23)14-2-1-3-16(6-14)33(31,32)27-15-7-19(8-15)10-29(11-19)18(30)28-5-4-13(9-28)17-24-12-25-26-17/h1-3,6,12-13,15,27H,4-5,7-11H2,(H,24,25,26)/t13-/m0/s1. The number of sulfonamides is 1. The average molecular weight is 485 g/mol. The van der Waals surface area contributed by atoms with Crippen LogP contribution in [0.15, 0.2) is 35.5 Å². The van der Waals surface area contributed by atoms with Gasteiger partial charge in [0.2, 0.25) is 10.0 Å². The van der Waals surface area contributed by atoms with Crippen molar-refractivity contribution in [2.45, 2.75) is 42.3 Å². The molecular weight excluding hydrogens is 461 g/mol. The number of aromatic nitrogens is 3. The van der Waals surface area contributed by atoms with Crippen LogP contribution in [-0.4, -0.2) is 71.7 Å². The monoisotopic (exact) mass is 484 g/mol. The Morgan fingerprint density at radius 1 is 1.21 bits per heavy atom. The Hall–Kier alpha value is -2.67. The Morgan fingerprint density at radius 3 is 2.64 bits per heavy atom. The summed E-state index contributed by atoms with van der Waals surface area (Å²) in [6.07, 6.45) is -1.24. The maximum atomic E-state index is 12.9. The highest BCUT2D eigenvalue weighted by Gasteiger charge is 2.55. The molecule has 2 N–H and O–H groups in total. The van der Waals surface area contributed by atoms with Gasteiger partial charge >= 0.3 is 12.2 Å². The first-order chi connectivity index (χ1) is 15.5. The van der Waals surface area contributed by atoms with E-state index in [2.05, 4.69) is 19.9 Å². The molecule has 0 bridgehead atoms. The number of rotatable bonds is 4. The lowest BCUT2D eigenvalue weighted by Gasteiger charge is -2.59. The number of carbonyl (C=O) groups excluding carboxylic acids is 1. The number of amides is 2. The van der Waals surface area contributed by atoms with Gasteiger partial charge < -0.3 is 9.80 Å². The van der Waals surface area contributed by atoms with E-state index in [-0.39, 0.29) is 23.4 Å². The topological polar surface area (TPSA) is 111 Å². The summed E-state index contributed by atoms with van der Waals surface area (Å²) < 4.78 is 66.3. The third-order valence-corrected chi connectivity index (χ3v) is 8.27. The van der Waals surface area contributed by atoms with E-state index < -0.39 is 26.7 Å². The molecule has 9 nitrogen and oxygen atoms in total.